The van der Waals surface area contributed by atoms with Gasteiger partial charge in [-0.2, -0.15) is 5.10 Å². The molecule has 3 aromatic rings. The highest BCUT2D eigenvalue weighted by Crippen LogP contribution is 2.24. The first-order valence-corrected chi connectivity index (χ1v) is 8.89. The molecule has 0 aliphatic carbocycles. The number of piperidine rings is 1. The monoisotopic (exact) mass is 354 g/mol. The van der Waals surface area contributed by atoms with Gasteiger partial charge in [0, 0.05) is 30.7 Å². The summed E-state index contributed by atoms with van der Waals surface area (Å²) < 4.78 is 1.61. The lowest BCUT2D eigenvalue weighted by molar-refractivity contribution is 0.102. The summed E-state index contributed by atoms with van der Waals surface area (Å²) in [7, 11) is 0. The van der Waals surface area contributed by atoms with Gasteiger partial charge < -0.3 is 10.2 Å². The molecule has 5 nitrogen and oxygen atoms in total. The second kappa shape index (κ2) is 6.76. The highest BCUT2D eigenvalue weighted by Gasteiger charge is 2.18. The number of halogens is 1. The number of nitrogens with zero attached hydrogens (tertiary/aromatic N) is 3. The number of benzene rings is 1. The number of carbonyl (C=O) groups excluding carboxylic acids is 1. The molecule has 3 heterocycles. The maximum Gasteiger partial charge on any atom is 0.277 e. The van der Waals surface area contributed by atoms with E-state index in [1.165, 1.54) is 24.9 Å². The van der Waals surface area contributed by atoms with Crippen LogP contribution in [0.5, 0.6) is 0 Å². The van der Waals surface area contributed by atoms with E-state index < -0.39 is 0 Å². The van der Waals surface area contributed by atoms with Crippen LogP contribution in [-0.2, 0) is 0 Å². The summed E-state index contributed by atoms with van der Waals surface area (Å²) in [5, 5.41) is 7.50. The molecule has 1 aliphatic rings. The van der Waals surface area contributed by atoms with Gasteiger partial charge in [0.15, 0.2) is 5.69 Å². The number of hydrogen-bond acceptors (Lipinski definition) is 3. The van der Waals surface area contributed by atoms with Crippen molar-refractivity contribution in [2.45, 2.75) is 19.3 Å². The molecular formula is C19H19ClN4O. The average molecular weight is 355 g/mol. The van der Waals surface area contributed by atoms with Gasteiger partial charge in [-0.25, -0.2) is 4.52 Å². The Morgan fingerprint density at radius 2 is 1.80 bits per heavy atom. The van der Waals surface area contributed by atoms with Crippen molar-refractivity contribution in [3.8, 4) is 0 Å². The molecule has 0 atom stereocenters. The molecule has 1 aliphatic heterocycles. The predicted molar refractivity (Wildman–Crippen MR) is 101 cm³/mol. The number of fused-ring (bicyclic) bond motifs is 1. The first kappa shape index (κ1) is 16.0. The molecule has 0 spiro atoms. The lowest BCUT2D eigenvalue weighted by Gasteiger charge is -2.28. The van der Waals surface area contributed by atoms with Crippen molar-refractivity contribution < 1.29 is 4.79 Å². The third kappa shape index (κ3) is 3.20. The summed E-state index contributed by atoms with van der Waals surface area (Å²) in [6.45, 7) is 2.20. The van der Waals surface area contributed by atoms with Crippen LogP contribution in [0, 0.1) is 0 Å². The van der Waals surface area contributed by atoms with Gasteiger partial charge in [0.05, 0.1) is 10.5 Å². The molecule has 1 saturated heterocycles. The number of hydrogen-bond donors (Lipinski definition) is 1. The zero-order chi connectivity index (χ0) is 17.2. The SMILES string of the molecule is O=C(Nc1ccc(N2CCCCC2)cc1)c1nn2ccccc2c1Cl. The fourth-order valence-electron chi connectivity index (χ4n) is 3.21. The van der Waals surface area contributed by atoms with Crippen molar-refractivity contribution in [1.29, 1.82) is 0 Å². The molecule has 1 aromatic carbocycles. The molecular weight excluding hydrogens is 336 g/mol. The topological polar surface area (TPSA) is 49.6 Å². The van der Waals surface area contributed by atoms with Gasteiger partial charge in [-0.3, -0.25) is 4.79 Å². The molecule has 25 heavy (non-hydrogen) atoms. The minimum atomic E-state index is -0.306. The molecule has 2 aromatic heterocycles. The minimum absolute atomic E-state index is 0.230. The Kier molecular flexibility index (Phi) is 4.32. The lowest BCUT2D eigenvalue weighted by Crippen LogP contribution is -2.29. The van der Waals surface area contributed by atoms with Gasteiger partial charge in [0.2, 0.25) is 0 Å². The lowest BCUT2D eigenvalue weighted by atomic mass is 10.1. The van der Waals surface area contributed by atoms with Crippen LogP contribution in [0.3, 0.4) is 0 Å². The summed E-state index contributed by atoms with van der Waals surface area (Å²) >= 11 is 6.29. The van der Waals surface area contributed by atoms with Crippen molar-refractivity contribution in [1.82, 2.24) is 9.61 Å². The Morgan fingerprint density at radius 3 is 2.52 bits per heavy atom. The molecule has 0 bridgehead atoms. The van der Waals surface area contributed by atoms with Gasteiger partial charge in [0.25, 0.3) is 5.91 Å². The highest BCUT2D eigenvalue weighted by molar-refractivity contribution is 6.37. The molecule has 128 valence electrons. The molecule has 4 rings (SSSR count). The van der Waals surface area contributed by atoms with E-state index >= 15 is 0 Å². The molecule has 1 N–H and O–H groups in total. The van der Waals surface area contributed by atoms with Gasteiger partial charge in [-0.15, -0.1) is 0 Å². The number of carbonyl (C=O) groups is 1. The molecule has 6 heteroatoms. The van der Waals surface area contributed by atoms with Crippen LogP contribution < -0.4 is 10.2 Å². The molecule has 0 unspecified atom stereocenters. The molecule has 1 amide bonds. The Bertz CT molecular complexity index is 897. The minimum Gasteiger partial charge on any atom is -0.372 e. The van der Waals surface area contributed by atoms with E-state index in [2.05, 4.69) is 15.3 Å². The van der Waals surface area contributed by atoms with Crippen molar-refractivity contribution in [2.75, 3.05) is 23.3 Å². The third-order valence-electron chi connectivity index (χ3n) is 4.54. The number of amides is 1. The summed E-state index contributed by atoms with van der Waals surface area (Å²) in [4.78, 5) is 14.9. The maximum absolute atomic E-state index is 12.5. The predicted octanol–water partition coefficient (Wildman–Crippen LogP) is 4.23. The van der Waals surface area contributed by atoms with Crippen LogP contribution in [0.25, 0.3) is 5.52 Å². The third-order valence-corrected chi connectivity index (χ3v) is 4.91. The Hall–Kier alpha value is -2.53. The van der Waals surface area contributed by atoms with Crippen LogP contribution in [0.4, 0.5) is 11.4 Å². The van der Waals surface area contributed by atoms with Gasteiger partial charge in [-0.1, -0.05) is 17.7 Å². The standard InChI is InChI=1S/C19H19ClN4O/c20-17-16-6-2-5-13-24(16)22-18(17)19(25)21-14-7-9-15(10-8-14)23-11-3-1-4-12-23/h2,5-10,13H,1,3-4,11-12H2,(H,21,25). The second-order valence-corrected chi connectivity index (χ2v) is 6.62. The number of aromatic nitrogens is 2. The molecule has 0 saturated carbocycles. The van der Waals surface area contributed by atoms with Crippen LogP contribution in [0.15, 0.2) is 48.7 Å². The summed E-state index contributed by atoms with van der Waals surface area (Å²) in [6.07, 6.45) is 5.56. The summed E-state index contributed by atoms with van der Waals surface area (Å²) in [5.74, 6) is -0.306. The van der Waals surface area contributed by atoms with Gasteiger partial charge in [0.1, 0.15) is 0 Å². The average Bonchev–Trinajstić information content (AvgIpc) is 3.00. The number of nitrogens with one attached hydrogen (secondary N) is 1. The Morgan fingerprint density at radius 1 is 1.04 bits per heavy atom. The van der Waals surface area contributed by atoms with E-state index in [1.807, 2.05) is 42.5 Å². The van der Waals surface area contributed by atoms with Crippen molar-refractivity contribution in [3.05, 3.63) is 59.4 Å². The van der Waals surface area contributed by atoms with E-state index in [4.69, 9.17) is 11.6 Å². The van der Waals surface area contributed by atoms with Crippen molar-refractivity contribution in [3.63, 3.8) is 0 Å². The second-order valence-electron chi connectivity index (χ2n) is 6.24. The largest absolute Gasteiger partial charge is 0.372 e. The first-order chi connectivity index (χ1) is 12.2. The fourth-order valence-corrected chi connectivity index (χ4v) is 3.48. The van der Waals surface area contributed by atoms with Gasteiger partial charge >= 0.3 is 0 Å². The zero-order valence-electron chi connectivity index (χ0n) is 13.8. The highest BCUT2D eigenvalue weighted by atomic mass is 35.5. The number of rotatable bonds is 3. The Balaban J connectivity index is 1.51. The van der Waals surface area contributed by atoms with Crippen LogP contribution >= 0.6 is 11.6 Å². The van der Waals surface area contributed by atoms with E-state index in [1.54, 1.807) is 10.7 Å². The molecule has 0 radical (unpaired) electrons. The van der Waals surface area contributed by atoms with Gasteiger partial charge in [-0.05, 0) is 55.7 Å². The fraction of sp³-hybridized carbons (Fsp3) is 0.263. The molecule has 1 fully saturated rings. The van der Waals surface area contributed by atoms with Crippen LogP contribution in [0.1, 0.15) is 29.8 Å². The first-order valence-electron chi connectivity index (χ1n) is 8.51. The number of anilines is 2. The maximum atomic E-state index is 12.5. The van der Waals surface area contributed by atoms with E-state index in [-0.39, 0.29) is 11.6 Å². The normalized spacial score (nSPS) is 14.7. The summed E-state index contributed by atoms with van der Waals surface area (Å²) in [5.41, 5.74) is 2.88. The van der Waals surface area contributed by atoms with E-state index in [9.17, 15) is 4.79 Å². The smallest absolute Gasteiger partial charge is 0.277 e. The van der Waals surface area contributed by atoms with Crippen molar-refractivity contribution in [2.24, 2.45) is 0 Å². The quantitative estimate of drug-likeness (QED) is 0.765. The van der Waals surface area contributed by atoms with Crippen LogP contribution in [-0.4, -0.2) is 28.6 Å². The summed E-state index contributed by atoms with van der Waals surface area (Å²) in [6, 6.07) is 13.5. The van der Waals surface area contributed by atoms with Crippen molar-refractivity contribution >= 4 is 34.4 Å². The number of pyridine rings is 1. The van der Waals surface area contributed by atoms with Crippen LogP contribution in [0.2, 0.25) is 5.02 Å². The van der Waals surface area contributed by atoms with E-state index in [0.29, 0.717) is 5.02 Å². The zero-order valence-corrected chi connectivity index (χ0v) is 14.5. The van der Waals surface area contributed by atoms with E-state index in [0.717, 1.165) is 24.3 Å². The Labute approximate surface area is 151 Å².